The molecule has 23 heteroatoms. The van der Waals surface area contributed by atoms with Crippen LogP contribution < -0.4 is 19.8 Å². The normalized spacial score (nSPS) is 16.1. The Morgan fingerprint density at radius 2 is 1.44 bits per heavy atom. The molecule has 13 nitrogen and oxygen atoms in total. The Labute approximate surface area is 467 Å². The summed E-state index contributed by atoms with van der Waals surface area (Å²) in [5.41, 5.74) is -2.08. The summed E-state index contributed by atoms with van der Waals surface area (Å²) in [6.07, 6.45) is 5.20. The van der Waals surface area contributed by atoms with Crippen molar-refractivity contribution < 1.29 is 47.0 Å². The fraction of sp³-hybridized carbons (Fsp3) is 0.364. The number of alkyl halides is 3. The van der Waals surface area contributed by atoms with E-state index >= 15 is 4.39 Å². The molecule has 420 valence electrons. The maximum atomic E-state index is 15.8. The van der Waals surface area contributed by atoms with E-state index in [1.807, 2.05) is 72.0 Å². The zero-order chi connectivity index (χ0) is 56.3. The number of anilines is 4. The van der Waals surface area contributed by atoms with Gasteiger partial charge in [-0.15, -0.1) is 11.8 Å². The molecule has 3 heterocycles. The van der Waals surface area contributed by atoms with Gasteiger partial charge in [-0.1, -0.05) is 58.6 Å². The van der Waals surface area contributed by atoms with Crippen molar-refractivity contribution in [2.45, 2.75) is 83.3 Å². The quantitative estimate of drug-likeness (QED) is 0.0425. The fourth-order valence-corrected chi connectivity index (χ4v) is 15.2. The largest absolute Gasteiger partial charge is 0.501 e. The van der Waals surface area contributed by atoms with Crippen LogP contribution in [0.2, 0.25) is 5.02 Å². The predicted octanol–water partition coefficient (Wildman–Crippen LogP) is 12.0. The highest BCUT2D eigenvalue weighted by molar-refractivity contribution is 8.09. The number of benzene rings is 5. The molecular formula is C55H63ClF4N6O7S5. The molecule has 5 aromatic carbocycles. The molecule has 6 aromatic rings. The van der Waals surface area contributed by atoms with Gasteiger partial charge in [0.05, 0.1) is 27.3 Å². The first-order valence-electron chi connectivity index (χ1n) is 25.2. The highest BCUT2D eigenvalue weighted by Gasteiger charge is 2.48. The first-order chi connectivity index (χ1) is 36.8. The Morgan fingerprint density at radius 1 is 0.808 bits per heavy atom. The molecule has 0 amide bonds. The van der Waals surface area contributed by atoms with Crippen LogP contribution in [0.15, 0.2) is 135 Å². The fourth-order valence-electron chi connectivity index (χ4n) is 10.1. The Morgan fingerprint density at radius 3 is 2.03 bits per heavy atom. The molecule has 1 unspecified atom stereocenters. The average molecular weight is 1190 g/mol. The minimum Gasteiger partial charge on any atom is -0.380 e. The number of nitrogens with one attached hydrogen (secondary N) is 2. The molecule has 78 heavy (non-hydrogen) atoms. The van der Waals surface area contributed by atoms with E-state index in [1.165, 1.54) is 36.0 Å². The van der Waals surface area contributed by atoms with Crippen LogP contribution in [-0.4, -0.2) is 122 Å². The zero-order valence-corrected chi connectivity index (χ0v) is 48.6. The summed E-state index contributed by atoms with van der Waals surface area (Å²) >= 11 is 7.71. The van der Waals surface area contributed by atoms with Crippen LogP contribution >= 0.6 is 34.1 Å². The lowest BCUT2D eigenvalue weighted by Crippen LogP contribution is -2.46. The van der Waals surface area contributed by atoms with E-state index in [0.717, 1.165) is 60.5 Å². The van der Waals surface area contributed by atoms with Crippen LogP contribution in [0, 0.1) is 12.7 Å². The van der Waals surface area contributed by atoms with Gasteiger partial charge in [0.2, 0.25) is 0 Å². The van der Waals surface area contributed by atoms with Crippen molar-refractivity contribution in [2.75, 3.05) is 83.9 Å². The SMILES string of the molecule is C=S(C)OC1CCN(CC[C@H](CSc2ccccc2)Nc2ccc(S(=O)(=O)Nc3ccc(N4CCN(c5cc(F)cc(-c6c(S(C)(=O)=O)c(C)n(C(C)C)c6-c6ccc(Cl)cc6)c5)CC4)cc3)cc2S(=O)(=O)C(F)(F)F)CC1. The van der Waals surface area contributed by atoms with Crippen molar-refractivity contribution in [1.29, 1.82) is 0 Å². The van der Waals surface area contributed by atoms with E-state index in [0.29, 0.717) is 84.2 Å². The van der Waals surface area contributed by atoms with E-state index in [2.05, 4.69) is 25.7 Å². The van der Waals surface area contributed by atoms with Gasteiger partial charge in [0.25, 0.3) is 19.9 Å². The summed E-state index contributed by atoms with van der Waals surface area (Å²) < 4.78 is 151. The molecule has 0 spiro atoms. The van der Waals surface area contributed by atoms with Gasteiger partial charge in [0.1, 0.15) is 10.7 Å². The maximum Gasteiger partial charge on any atom is 0.501 e. The Kier molecular flexibility index (Phi) is 18.4. The number of rotatable bonds is 20. The van der Waals surface area contributed by atoms with Crippen LogP contribution in [0.4, 0.5) is 40.3 Å². The van der Waals surface area contributed by atoms with Crippen LogP contribution in [-0.2, 0) is 33.9 Å². The molecule has 0 saturated carbocycles. The van der Waals surface area contributed by atoms with E-state index in [9.17, 15) is 38.4 Å². The van der Waals surface area contributed by atoms with Gasteiger partial charge < -0.3 is 28.8 Å². The van der Waals surface area contributed by atoms with E-state index in [4.69, 9.17) is 15.8 Å². The Balaban J connectivity index is 0.978. The lowest BCUT2D eigenvalue weighted by Gasteiger charge is -2.37. The standard InChI is InChI=1S/C55H63ClF4N6O7S5/c1-37(2)66-38(3)54(76(6,67)68)52(53(66)39-12-14-41(56)15-13-39)40-32-42(57)34-46(33-40)65-30-28-64(29-31-65)45-18-16-43(17-19-45)62-78(71,72)49-20-21-50(51(35-49)77(69,70)55(58,59)60)61-44(36-74-48-10-8-7-9-11-48)22-25-63-26-23-47(24-27-63)73-75(4)5/h7-21,32-35,37,44,47,61-62H,4,22-31,36H2,1-3,5-6H3/t44-,75?/m1/s1. The van der Waals surface area contributed by atoms with Crippen LogP contribution in [0.1, 0.15) is 44.8 Å². The van der Waals surface area contributed by atoms with Crippen LogP contribution in [0.25, 0.3) is 22.4 Å². The molecule has 2 aliphatic heterocycles. The van der Waals surface area contributed by atoms with Gasteiger partial charge in [-0.2, -0.15) is 13.2 Å². The lowest BCUT2D eigenvalue weighted by molar-refractivity contribution is -0.0435. The maximum absolute atomic E-state index is 15.8. The number of hydrogen-bond acceptors (Lipinski definition) is 12. The zero-order valence-electron chi connectivity index (χ0n) is 43.8. The van der Waals surface area contributed by atoms with E-state index in [1.54, 1.807) is 37.3 Å². The third-order valence-electron chi connectivity index (χ3n) is 13.7. The summed E-state index contributed by atoms with van der Waals surface area (Å²) in [6.45, 7) is 9.55. The summed E-state index contributed by atoms with van der Waals surface area (Å²) in [6, 6.07) is 29.4. The molecule has 0 radical (unpaired) electrons. The number of likely N-dealkylation sites (tertiary alicyclic amines) is 1. The number of aromatic nitrogens is 1. The van der Waals surface area contributed by atoms with Crippen LogP contribution in [0.5, 0.6) is 0 Å². The number of piperidine rings is 1. The summed E-state index contributed by atoms with van der Waals surface area (Å²) in [4.78, 5) is 5.42. The average Bonchev–Trinajstić information content (AvgIpc) is 3.77. The van der Waals surface area contributed by atoms with Crippen LogP contribution in [0.3, 0.4) is 0 Å². The number of sulfonamides is 1. The second-order valence-electron chi connectivity index (χ2n) is 19.8. The Bertz CT molecular complexity index is 3460. The number of nitrogens with zero attached hydrogens (tertiary/aromatic N) is 4. The Hall–Kier alpha value is -5.07. The monoisotopic (exact) mass is 1190 g/mol. The highest BCUT2D eigenvalue weighted by atomic mass is 35.5. The van der Waals surface area contributed by atoms with Gasteiger partial charge in [0.15, 0.2) is 9.84 Å². The summed E-state index contributed by atoms with van der Waals surface area (Å²) in [7, 11) is -14.9. The molecule has 2 N–H and O–H groups in total. The van der Waals surface area contributed by atoms with Gasteiger partial charge in [-0.05, 0) is 136 Å². The highest BCUT2D eigenvalue weighted by Crippen LogP contribution is 2.45. The van der Waals surface area contributed by atoms with Crippen molar-refractivity contribution in [3.8, 4) is 22.4 Å². The molecule has 2 aliphatic rings. The first kappa shape index (κ1) is 59.1. The molecule has 2 atom stereocenters. The van der Waals surface area contributed by atoms with Crippen molar-refractivity contribution in [1.82, 2.24) is 9.47 Å². The topological polar surface area (TPSA) is 150 Å². The van der Waals surface area contributed by atoms with Crippen molar-refractivity contribution in [3.63, 3.8) is 0 Å². The smallest absolute Gasteiger partial charge is 0.380 e. The summed E-state index contributed by atoms with van der Waals surface area (Å²) in [5.74, 6) is 3.76. The molecular weight excluding hydrogens is 1130 g/mol. The third-order valence-corrected chi connectivity index (χ3v) is 19.9. The van der Waals surface area contributed by atoms with Gasteiger partial charge in [-0.25, -0.2) is 29.6 Å². The molecule has 0 bridgehead atoms. The van der Waals surface area contributed by atoms with Crippen molar-refractivity contribution in [2.24, 2.45) is 0 Å². The van der Waals surface area contributed by atoms with Crippen molar-refractivity contribution >= 4 is 92.4 Å². The minimum atomic E-state index is -6.05. The minimum absolute atomic E-state index is 0.0787. The first-order valence-corrected chi connectivity index (χ1v) is 33.1. The van der Waals surface area contributed by atoms with E-state index < -0.39 is 67.6 Å². The second kappa shape index (κ2) is 24.3. The molecule has 1 aromatic heterocycles. The predicted molar refractivity (Wildman–Crippen MR) is 310 cm³/mol. The molecule has 2 saturated heterocycles. The van der Waals surface area contributed by atoms with Gasteiger partial charge >= 0.3 is 5.51 Å². The van der Waals surface area contributed by atoms with E-state index in [-0.39, 0.29) is 28.4 Å². The lowest BCUT2D eigenvalue weighted by atomic mass is 9.99. The van der Waals surface area contributed by atoms with Gasteiger partial charge in [-0.3, -0.25) is 4.72 Å². The molecule has 0 aliphatic carbocycles. The number of thioether (sulfide) groups is 1. The van der Waals surface area contributed by atoms with Crippen molar-refractivity contribution in [3.05, 3.63) is 132 Å². The second-order valence-corrected chi connectivity index (χ2v) is 28.2. The number of sulfone groups is 2. The number of piperazine rings is 1. The van der Waals surface area contributed by atoms with Gasteiger partial charge in [0, 0.05) is 114 Å². The number of halogens is 5. The summed E-state index contributed by atoms with van der Waals surface area (Å²) in [5, 5.41) is 3.57. The molecule has 2 fully saturated rings. The molecule has 8 rings (SSSR count). The number of hydrogen-bond donors (Lipinski definition) is 2. The third kappa shape index (κ3) is 13.9.